The maximum atomic E-state index is 13.6. The molecule has 4 nitrogen and oxygen atoms in total. The number of rotatable bonds is 8. The van der Waals surface area contributed by atoms with Crippen LogP contribution >= 0.6 is 11.8 Å². The molecule has 0 atom stereocenters. The van der Waals surface area contributed by atoms with E-state index in [0.29, 0.717) is 30.2 Å². The van der Waals surface area contributed by atoms with E-state index in [-0.39, 0.29) is 11.7 Å². The molecule has 0 aliphatic carbocycles. The Labute approximate surface area is 156 Å². The summed E-state index contributed by atoms with van der Waals surface area (Å²) in [5.74, 6) is 0.259. The highest BCUT2D eigenvalue weighted by Gasteiger charge is 2.07. The van der Waals surface area contributed by atoms with Crippen LogP contribution in [0.4, 0.5) is 4.39 Å². The van der Waals surface area contributed by atoms with Crippen LogP contribution in [0, 0.1) is 5.82 Å². The van der Waals surface area contributed by atoms with Crippen LogP contribution in [0.25, 0.3) is 0 Å². The Hall–Kier alpha value is -2.60. The summed E-state index contributed by atoms with van der Waals surface area (Å²) in [5.41, 5.74) is 2.19. The third kappa shape index (κ3) is 5.20. The molecule has 134 valence electrons. The van der Waals surface area contributed by atoms with Gasteiger partial charge in [-0.25, -0.2) is 4.39 Å². The van der Waals surface area contributed by atoms with Crippen molar-refractivity contribution in [1.29, 1.82) is 0 Å². The molecule has 6 heteroatoms. The van der Waals surface area contributed by atoms with Crippen molar-refractivity contribution in [3.8, 4) is 0 Å². The second-order valence-corrected chi connectivity index (χ2v) is 6.91. The van der Waals surface area contributed by atoms with Gasteiger partial charge in [-0.3, -0.25) is 9.48 Å². The van der Waals surface area contributed by atoms with E-state index in [9.17, 15) is 9.18 Å². The molecule has 0 aliphatic rings. The molecule has 3 aromatic rings. The first-order valence-electron chi connectivity index (χ1n) is 8.40. The van der Waals surface area contributed by atoms with Crippen LogP contribution in [-0.2, 0) is 17.9 Å². The molecule has 3 rings (SSSR count). The predicted molar refractivity (Wildman–Crippen MR) is 101 cm³/mol. The second kappa shape index (κ2) is 9.20. The lowest BCUT2D eigenvalue weighted by atomic mass is 10.1. The number of nitrogens with zero attached hydrogens (tertiary/aromatic N) is 2. The fraction of sp³-hybridized carbons (Fsp3) is 0.200. The van der Waals surface area contributed by atoms with Gasteiger partial charge in [0.05, 0.1) is 6.54 Å². The number of aromatic nitrogens is 2. The molecule has 1 amide bonds. The van der Waals surface area contributed by atoms with Gasteiger partial charge < -0.3 is 5.32 Å². The van der Waals surface area contributed by atoms with Crippen LogP contribution in [0.1, 0.15) is 17.5 Å². The van der Waals surface area contributed by atoms with Crippen molar-refractivity contribution in [2.45, 2.75) is 24.4 Å². The summed E-state index contributed by atoms with van der Waals surface area (Å²) in [6.07, 6.45) is 4.01. The first-order chi connectivity index (χ1) is 12.7. The summed E-state index contributed by atoms with van der Waals surface area (Å²) in [6, 6.07) is 16.5. The molecule has 26 heavy (non-hydrogen) atoms. The van der Waals surface area contributed by atoms with E-state index < -0.39 is 0 Å². The van der Waals surface area contributed by atoms with Crippen LogP contribution in [0.5, 0.6) is 0 Å². The van der Waals surface area contributed by atoms with E-state index in [4.69, 9.17) is 0 Å². The van der Waals surface area contributed by atoms with Crippen molar-refractivity contribution in [2.24, 2.45) is 0 Å². The van der Waals surface area contributed by atoms with E-state index in [1.807, 2.05) is 41.2 Å². The number of benzene rings is 2. The van der Waals surface area contributed by atoms with E-state index in [2.05, 4.69) is 10.4 Å². The Kier molecular flexibility index (Phi) is 6.44. The van der Waals surface area contributed by atoms with Gasteiger partial charge in [0.25, 0.3) is 0 Å². The SMILES string of the molecule is O=C(CCSc1ccccc1F)NCc1ccccc1Cn1cccn1. The Balaban J connectivity index is 1.48. The molecule has 1 N–H and O–H groups in total. The Morgan fingerprint density at radius 3 is 2.62 bits per heavy atom. The number of hydrogen-bond donors (Lipinski definition) is 1. The van der Waals surface area contributed by atoms with Gasteiger partial charge in [-0.2, -0.15) is 5.10 Å². The zero-order chi connectivity index (χ0) is 18.2. The molecule has 0 bridgehead atoms. The van der Waals surface area contributed by atoms with Gasteiger partial charge in [0, 0.05) is 36.0 Å². The smallest absolute Gasteiger partial charge is 0.221 e. The summed E-state index contributed by atoms with van der Waals surface area (Å²) in [6.45, 7) is 1.14. The van der Waals surface area contributed by atoms with Crippen LogP contribution in [0.2, 0.25) is 0 Å². The van der Waals surface area contributed by atoms with E-state index in [1.54, 1.807) is 24.4 Å². The zero-order valence-electron chi connectivity index (χ0n) is 14.3. The van der Waals surface area contributed by atoms with Gasteiger partial charge in [-0.15, -0.1) is 11.8 Å². The largest absolute Gasteiger partial charge is 0.352 e. The maximum absolute atomic E-state index is 13.6. The fourth-order valence-corrected chi connectivity index (χ4v) is 3.44. The molecule has 0 unspecified atom stereocenters. The number of carbonyl (C=O) groups is 1. The monoisotopic (exact) mass is 369 g/mol. The minimum absolute atomic E-state index is 0.0391. The van der Waals surface area contributed by atoms with Crippen molar-refractivity contribution in [3.05, 3.63) is 83.9 Å². The molecule has 0 aliphatic heterocycles. The van der Waals surface area contributed by atoms with E-state index in [1.165, 1.54) is 17.8 Å². The lowest BCUT2D eigenvalue weighted by molar-refractivity contribution is -0.120. The summed E-state index contributed by atoms with van der Waals surface area (Å²) >= 11 is 1.36. The number of carbonyl (C=O) groups excluding carboxylic acids is 1. The predicted octanol–water partition coefficient (Wildman–Crippen LogP) is 3.87. The molecule has 0 radical (unpaired) electrons. The first-order valence-corrected chi connectivity index (χ1v) is 9.39. The third-order valence-corrected chi connectivity index (χ3v) is 4.96. The average molecular weight is 369 g/mol. The van der Waals surface area contributed by atoms with Gasteiger partial charge in [-0.05, 0) is 29.3 Å². The molecule has 1 heterocycles. The Morgan fingerprint density at radius 1 is 1.08 bits per heavy atom. The van der Waals surface area contributed by atoms with E-state index in [0.717, 1.165) is 11.1 Å². The first kappa shape index (κ1) is 18.2. The molecule has 0 saturated heterocycles. The lowest BCUT2D eigenvalue weighted by Crippen LogP contribution is -2.23. The summed E-state index contributed by atoms with van der Waals surface area (Å²) in [5, 5.41) is 7.16. The average Bonchev–Trinajstić information content (AvgIpc) is 3.16. The van der Waals surface area contributed by atoms with Crippen LogP contribution in [0.3, 0.4) is 0 Å². The van der Waals surface area contributed by atoms with Crippen molar-refractivity contribution < 1.29 is 9.18 Å². The fourth-order valence-electron chi connectivity index (χ4n) is 2.55. The molecular formula is C20H20FN3OS. The highest BCUT2D eigenvalue weighted by atomic mass is 32.2. The highest BCUT2D eigenvalue weighted by molar-refractivity contribution is 7.99. The van der Waals surface area contributed by atoms with Crippen LogP contribution in [0.15, 0.2) is 71.9 Å². The van der Waals surface area contributed by atoms with Gasteiger partial charge in [0.15, 0.2) is 0 Å². The summed E-state index contributed by atoms with van der Waals surface area (Å²) < 4.78 is 15.4. The maximum Gasteiger partial charge on any atom is 0.221 e. The van der Waals surface area contributed by atoms with E-state index >= 15 is 0 Å². The second-order valence-electron chi connectivity index (χ2n) is 5.78. The van der Waals surface area contributed by atoms with Gasteiger partial charge in [-0.1, -0.05) is 36.4 Å². The molecule has 2 aromatic carbocycles. The normalized spacial score (nSPS) is 10.7. The molecule has 0 saturated carbocycles. The number of thioether (sulfide) groups is 1. The van der Waals surface area contributed by atoms with Gasteiger partial charge in [0.2, 0.25) is 5.91 Å². The third-order valence-electron chi connectivity index (χ3n) is 3.91. The minimum Gasteiger partial charge on any atom is -0.352 e. The Bertz CT molecular complexity index is 852. The standard InChI is InChI=1S/C20H20FN3OS/c21-18-8-3-4-9-19(18)26-13-10-20(25)22-14-16-6-1-2-7-17(16)15-24-12-5-11-23-24/h1-9,11-12H,10,13-15H2,(H,22,25). The highest BCUT2D eigenvalue weighted by Crippen LogP contribution is 2.21. The van der Waals surface area contributed by atoms with Gasteiger partial charge >= 0.3 is 0 Å². The molecule has 1 aromatic heterocycles. The van der Waals surface area contributed by atoms with Crippen LogP contribution in [-0.4, -0.2) is 21.4 Å². The zero-order valence-corrected chi connectivity index (χ0v) is 15.1. The summed E-state index contributed by atoms with van der Waals surface area (Å²) in [7, 11) is 0. The molecule has 0 spiro atoms. The topological polar surface area (TPSA) is 46.9 Å². The minimum atomic E-state index is -0.245. The van der Waals surface area contributed by atoms with Crippen molar-refractivity contribution in [2.75, 3.05) is 5.75 Å². The number of amides is 1. The van der Waals surface area contributed by atoms with Crippen molar-refractivity contribution >= 4 is 17.7 Å². The number of nitrogens with one attached hydrogen (secondary N) is 1. The van der Waals surface area contributed by atoms with Crippen molar-refractivity contribution in [1.82, 2.24) is 15.1 Å². The van der Waals surface area contributed by atoms with Gasteiger partial charge in [0.1, 0.15) is 5.82 Å². The van der Waals surface area contributed by atoms with Crippen LogP contribution < -0.4 is 5.32 Å². The number of halogens is 1. The lowest BCUT2D eigenvalue weighted by Gasteiger charge is -2.11. The Morgan fingerprint density at radius 2 is 1.85 bits per heavy atom. The van der Waals surface area contributed by atoms with Crippen molar-refractivity contribution in [3.63, 3.8) is 0 Å². The summed E-state index contributed by atoms with van der Waals surface area (Å²) in [4.78, 5) is 12.7. The number of hydrogen-bond acceptors (Lipinski definition) is 3. The molecular weight excluding hydrogens is 349 g/mol. The molecule has 0 fully saturated rings. The quantitative estimate of drug-likeness (QED) is 0.613.